The minimum Gasteiger partial charge on any atom is -0.375 e. The predicted octanol–water partition coefficient (Wildman–Crippen LogP) is 2.73. The van der Waals surface area contributed by atoms with Crippen LogP contribution in [0.2, 0.25) is 0 Å². The van der Waals surface area contributed by atoms with Gasteiger partial charge in [-0.1, -0.05) is 19.9 Å². The smallest absolute Gasteiger partial charge is 0.193 e. The Hall–Kier alpha value is -1.09. The van der Waals surface area contributed by atoms with Crippen molar-refractivity contribution in [1.82, 2.24) is 15.2 Å². The summed E-state index contributed by atoms with van der Waals surface area (Å²) in [6.45, 7) is 12.2. The van der Waals surface area contributed by atoms with Gasteiger partial charge in [0.1, 0.15) is 5.82 Å². The Morgan fingerprint density at radius 1 is 1.38 bits per heavy atom. The molecule has 3 rings (SSSR count). The van der Waals surface area contributed by atoms with Crippen molar-refractivity contribution in [1.29, 1.82) is 0 Å². The Labute approximate surface area is 174 Å². The summed E-state index contributed by atoms with van der Waals surface area (Å²) >= 11 is 0. The lowest BCUT2D eigenvalue weighted by Crippen LogP contribution is -2.41. The maximum absolute atomic E-state index is 5.60. The van der Waals surface area contributed by atoms with Crippen LogP contribution in [-0.4, -0.2) is 61.8 Å². The van der Waals surface area contributed by atoms with Crippen molar-refractivity contribution in [2.24, 2.45) is 10.4 Å². The normalized spacial score (nSPS) is 22.9. The molecule has 1 unspecified atom stereocenters. The number of pyridine rings is 1. The van der Waals surface area contributed by atoms with E-state index in [2.05, 4.69) is 58.0 Å². The van der Waals surface area contributed by atoms with Crippen LogP contribution in [0, 0.1) is 5.41 Å². The monoisotopic (exact) mass is 473 g/mol. The average Bonchev–Trinajstić information content (AvgIpc) is 2.96. The van der Waals surface area contributed by atoms with Gasteiger partial charge in [0.05, 0.1) is 12.7 Å². The van der Waals surface area contributed by atoms with Gasteiger partial charge in [0.15, 0.2) is 5.96 Å². The van der Waals surface area contributed by atoms with Gasteiger partial charge >= 0.3 is 0 Å². The molecule has 0 bridgehead atoms. The predicted molar refractivity (Wildman–Crippen MR) is 117 cm³/mol. The third kappa shape index (κ3) is 5.45. The van der Waals surface area contributed by atoms with Crippen LogP contribution in [-0.2, 0) is 11.3 Å². The van der Waals surface area contributed by atoms with Gasteiger partial charge in [0, 0.05) is 46.0 Å². The van der Waals surface area contributed by atoms with Gasteiger partial charge in [0.25, 0.3) is 0 Å². The van der Waals surface area contributed by atoms with Crippen LogP contribution in [0.3, 0.4) is 0 Å². The molecule has 2 saturated heterocycles. The van der Waals surface area contributed by atoms with Crippen LogP contribution in [0.1, 0.15) is 32.8 Å². The number of halogens is 1. The first kappa shape index (κ1) is 21.2. The summed E-state index contributed by atoms with van der Waals surface area (Å²) in [5.41, 5.74) is 1.54. The Bertz CT molecular complexity index is 604. The van der Waals surface area contributed by atoms with Gasteiger partial charge in [-0.05, 0) is 30.4 Å². The molecular weight excluding hydrogens is 441 g/mol. The molecule has 26 heavy (non-hydrogen) atoms. The average molecular weight is 473 g/mol. The number of ether oxygens (including phenoxy) is 1. The number of aliphatic imine (C=N–C) groups is 1. The SMILES string of the molecule is CN=C(NCc1ccc(N2CCOC(C)C2)nc1)N1CCC(C)(C)C1.I. The first-order valence-electron chi connectivity index (χ1n) is 9.24. The Morgan fingerprint density at radius 2 is 2.19 bits per heavy atom. The van der Waals surface area contributed by atoms with Gasteiger partial charge in [-0.3, -0.25) is 4.99 Å². The second kappa shape index (κ2) is 9.21. The van der Waals surface area contributed by atoms with Crippen molar-refractivity contribution < 1.29 is 4.74 Å². The minimum absolute atomic E-state index is 0. The van der Waals surface area contributed by atoms with E-state index in [1.54, 1.807) is 0 Å². The van der Waals surface area contributed by atoms with Crippen LogP contribution in [0.25, 0.3) is 0 Å². The fourth-order valence-corrected chi connectivity index (χ4v) is 3.54. The number of nitrogens with one attached hydrogen (secondary N) is 1. The number of aromatic nitrogens is 1. The molecule has 1 atom stereocenters. The van der Waals surface area contributed by atoms with Crippen molar-refractivity contribution in [3.63, 3.8) is 0 Å². The second-order valence-electron chi connectivity index (χ2n) is 7.89. The molecule has 0 spiro atoms. The van der Waals surface area contributed by atoms with E-state index in [0.717, 1.165) is 51.1 Å². The molecule has 1 aromatic heterocycles. The number of guanidine groups is 1. The van der Waals surface area contributed by atoms with E-state index < -0.39 is 0 Å². The van der Waals surface area contributed by atoms with Crippen molar-refractivity contribution in [3.8, 4) is 0 Å². The zero-order valence-corrected chi connectivity index (χ0v) is 18.7. The molecule has 0 aromatic carbocycles. The third-order valence-corrected chi connectivity index (χ3v) is 5.01. The van der Waals surface area contributed by atoms with Crippen molar-refractivity contribution in [2.75, 3.05) is 44.7 Å². The van der Waals surface area contributed by atoms with Crippen LogP contribution >= 0.6 is 24.0 Å². The molecule has 2 fully saturated rings. The lowest BCUT2D eigenvalue weighted by molar-refractivity contribution is 0.0529. The van der Waals surface area contributed by atoms with Crippen LogP contribution in [0.15, 0.2) is 23.3 Å². The van der Waals surface area contributed by atoms with E-state index in [4.69, 9.17) is 4.74 Å². The summed E-state index contributed by atoms with van der Waals surface area (Å²) in [6, 6.07) is 4.26. The first-order valence-corrected chi connectivity index (χ1v) is 9.24. The van der Waals surface area contributed by atoms with E-state index in [-0.39, 0.29) is 30.1 Å². The lowest BCUT2D eigenvalue weighted by Gasteiger charge is -2.32. The first-order chi connectivity index (χ1) is 12.0. The lowest BCUT2D eigenvalue weighted by atomic mass is 9.93. The fraction of sp³-hybridized carbons (Fsp3) is 0.684. The highest BCUT2D eigenvalue weighted by Gasteiger charge is 2.30. The van der Waals surface area contributed by atoms with Crippen LogP contribution in [0.5, 0.6) is 0 Å². The van der Waals surface area contributed by atoms with Crippen molar-refractivity contribution in [3.05, 3.63) is 23.9 Å². The highest BCUT2D eigenvalue weighted by atomic mass is 127. The number of nitrogens with zero attached hydrogens (tertiary/aromatic N) is 4. The van der Waals surface area contributed by atoms with Gasteiger partial charge in [0.2, 0.25) is 0 Å². The molecule has 7 heteroatoms. The van der Waals surface area contributed by atoms with Crippen molar-refractivity contribution in [2.45, 2.75) is 39.8 Å². The molecule has 3 heterocycles. The number of anilines is 1. The zero-order chi connectivity index (χ0) is 17.9. The second-order valence-corrected chi connectivity index (χ2v) is 7.89. The molecular formula is C19H32IN5O. The molecule has 0 aliphatic carbocycles. The summed E-state index contributed by atoms with van der Waals surface area (Å²) in [6.07, 6.45) is 3.44. The molecule has 6 nitrogen and oxygen atoms in total. The number of rotatable bonds is 3. The molecule has 0 radical (unpaired) electrons. The van der Waals surface area contributed by atoms with E-state index in [0.29, 0.717) is 5.41 Å². The Balaban J connectivity index is 0.00000243. The maximum Gasteiger partial charge on any atom is 0.193 e. The van der Waals surface area contributed by atoms with E-state index in [1.807, 2.05) is 13.2 Å². The van der Waals surface area contributed by atoms with Gasteiger partial charge in [-0.25, -0.2) is 4.98 Å². The minimum atomic E-state index is 0. The zero-order valence-electron chi connectivity index (χ0n) is 16.4. The third-order valence-electron chi connectivity index (χ3n) is 5.01. The molecule has 2 aliphatic rings. The number of likely N-dealkylation sites (tertiary alicyclic amines) is 1. The quantitative estimate of drug-likeness (QED) is 0.416. The van der Waals surface area contributed by atoms with Gasteiger partial charge < -0.3 is 19.9 Å². The van der Waals surface area contributed by atoms with E-state index in [9.17, 15) is 0 Å². The summed E-state index contributed by atoms with van der Waals surface area (Å²) < 4.78 is 5.60. The fourth-order valence-electron chi connectivity index (χ4n) is 3.54. The standard InChI is InChI=1S/C19H31N5O.HI/c1-15-13-23(9-10-25-15)17-6-5-16(11-21-17)12-22-18(20-4)24-8-7-19(2,3)14-24;/h5-6,11,15H,7-10,12-14H2,1-4H3,(H,20,22);1H. The highest BCUT2D eigenvalue weighted by molar-refractivity contribution is 14.0. The van der Waals surface area contributed by atoms with Crippen LogP contribution in [0.4, 0.5) is 5.82 Å². The molecule has 2 aliphatic heterocycles. The van der Waals surface area contributed by atoms with E-state index in [1.165, 1.54) is 12.0 Å². The van der Waals surface area contributed by atoms with Crippen LogP contribution < -0.4 is 10.2 Å². The highest BCUT2D eigenvalue weighted by Crippen LogP contribution is 2.28. The molecule has 1 aromatic rings. The number of morpholine rings is 1. The summed E-state index contributed by atoms with van der Waals surface area (Å²) in [5.74, 6) is 2.02. The molecule has 1 N–H and O–H groups in total. The Kier molecular flexibility index (Phi) is 7.52. The van der Waals surface area contributed by atoms with Crippen molar-refractivity contribution >= 4 is 35.8 Å². The van der Waals surface area contributed by atoms with E-state index >= 15 is 0 Å². The topological polar surface area (TPSA) is 53.0 Å². The summed E-state index contributed by atoms with van der Waals surface area (Å²) in [4.78, 5) is 13.7. The molecule has 0 saturated carbocycles. The Morgan fingerprint density at radius 3 is 2.77 bits per heavy atom. The van der Waals surface area contributed by atoms with Gasteiger partial charge in [-0.2, -0.15) is 0 Å². The summed E-state index contributed by atoms with van der Waals surface area (Å²) in [7, 11) is 1.86. The maximum atomic E-state index is 5.60. The molecule has 0 amide bonds. The number of hydrogen-bond acceptors (Lipinski definition) is 4. The largest absolute Gasteiger partial charge is 0.375 e. The summed E-state index contributed by atoms with van der Waals surface area (Å²) in [5, 5.41) is 3.47. The molecule has 146 valence electrons. The van der Waals surface area contributed by atoms with Gasteiger partial charge in [-0.15, -0.1) is 24.0 Å². The number of hydrogen-bond donors (Lipinski definition) is 1.